The van der Waals surface area contributed by atoms with Crippen LogP contribution in [0.5, 0.6) is 11.5 Å². The molecule has 7 nitrogen and oxygen atoms in total. The first kappa shape index (κ1) is 19.1. The fourth-order valence-electron chi connectivity index (χ4n) is 2.59. The van der Waals surface area contributed by atoms with E-state index < -0.39 is 5.97 Å². The summed E-state index contributed by atoms with van der Waals surface area (Å²) in [4.78, 5) is 29.9. The third-order valence-corrected chi connectivity index (χ3v) is 5.80. The summed E-state index contributed by atoms with van der Waals surface area (Å²) in [5, 5.41) is 1.91. The minimum atomic E-state index is -0.452. The lowest BCUT2D eigenvalue weighted by molar-refractivity contribution is -0.141. The second kappa shape index (κ2) is 8.36. The van der Waals surface area contributed by atoms with Gasteiger partial charge in [-0.1, -0.05) is 17.4 Å². The van der Waals surface area contributed by atoms with Crippen molar-refractivity contribution in [3.8, 4) is 11.5 Å². The maximum Gasteiger partial charge on any atom is 0.325 e. The fourth-order valence-corrected chi connectivity index (χ4v) is 4.44. The topological polar surface area (TPSA) is 79.1 Å². The zero-order chi connectivity index (χ0) is 19.4. The zero-order valence-corrected chi connectivity index (χ0v) is 16.7. The highest BCUT2D eigenvalue weighted by Gasteiger charge is 2.18. The van der Waals surface area contributed by atoms with Gasteiger partial charge in [0, 0.05) is 4.88 Å². The maximum atomic E-state index is 12.4. The number of nitrogens with zero attached hydrogens (tertiary/aromatic N) is 2. The van der Waals surface area contributed by atoms with Crippen molar-refractivity contribution in [1.82, 2.24) is 4.57 Å². The summed E-state index contributed by atoms with van der Waals surface area (Å²) >= 11 is 2.76. The molecule has 3 rings (SSSR count). The lowest BCUT2D eigenvalue weighted by Gasteiger charge is -2.09. The number of benzene rings is 1. The molecule has 142 valence electrons. The number of ether oxygens (including phenoxy) is 3. The van der Waals surface area contributed by atoms with Crippen LogP contribution in [0.3, 0.4) is 0 Å². The third-order valence-electron chi connectivity index (χ3n) is 3.83. The summed E-state index contributed by atoms with van der Waals surface area (Å²) < 4.78 is 18.0. The van der Waals surface area contributed by atoms with Crippen molar-refractivity contribution in [2.75, 3.05) is 21.3 Å². The Kier molecular flexibility index (Phi) is 5.92. The Morgan fingerprint density at radius 2 is 1.85 bits per heavy atom. The van der Waals surface area contributed by atoms with Gasteiger partial charge in [-0.25, -0.2) is 0 Å². The molecule has 0 bridgehead atoms. The molecule has 3 aromatic rings. The summed E-state index contributed by atoms with van der Waals surface area (Å²) in [6, 6.07) is 7.30. The third kappa shape index (κ3) is 4.04. The first-order chi connectivity index (χ1) is 13.1. The number of rotatable bonds is 6. The number of carbonyl (C=O) groups is 2. The highest BCUT2D eigenvalue weighted by atomic mass is 32.1. The SMILES string of the molecule is COC(=O)Cn1c(=NC(=O)Cc2cccs2)sc2c(OC)ccc(OC)c21. The van der Waals surface area contributed by atoms with E-state index in [0.29, 0.717) is 21.8 Å². The van der Waals surface area contributed by atoms with Crippen molar-refractivity contribution >= 4 is 44.8 Å². The summed E-state index contributed by atoms with van der Waals surface area (Å²) in [6.45, 7) is -0.0921. The van der Waals surface area contributed by atoms with Crippen molar-refractivity contribution in [3.63, 3.8) is 0 Å². The van der Waals surface area contributed by atoms with Crippen LogP contribution >= 0.6 is 22.7 Å². The highest BCUT2D eigenvalue weighted by molar-refractivity contribution is 7.16. The first-order valence-electron chi connectivity index (χ1n) is 7.98. The van der Waals surface area contributed by atoms with E-state index in [1.165, 1.54) is 29.8 Å². The Labute approximate surface area is 163 Å². The normalized spacial score (nSPS) is 11.6. The van der Waals surface area contributed by atoms with Crippen molar-refractivity contribution in [2.24, 2.45) is 4.99 Å². The summed E-state index contributed by atoms with van der Waals surface area (Å²) in [5.41, 5.74) is 0.634. The minimum Gasteiger partial charge on any atom is -0.495 e. The quantitative estimate of drug-likeness (QED) is 0.588. The van der Waals surface area contributed by atoms with Gasteiger partial charge in [-0.05, 0) is 23.6 Å². The first-order valence-corrected chi connectivity index (χ1v) is 9.68. The van der Waals surface area contributed by atoms with Crippen LogP contribution < -0.4 is 14.3 Å². The zero-order valence-electron chi connectivity index (χ0n) is 15.1. The van der Waals surface area contributed by atoms with Crippen LogP contribution in [0.15, 0.2) is 34.6 Å². The van der Waals surface area contributed by atoms with E-state index in [2.05, 4.69) is 4.99 Å². The lowest BCUT2D eigenvalue weighted by atomic mass is 10.3. The number of hydrogen-bond donors (Lipinski definition) is 0. The van der Waals surface area contributed by atoms with Gasteiger partial charge in [-0.3, -0.25) is 9.59 Å². The van der Waals surface area contributed by atoms with Crippen LogP contribution in [0.4, 0.5) is 0 Å². The van der Waals surface area contributed by atoms with Crippen LogP contribution in [-0.4, -0.2) is 37.8 Å². The molecular weight excluding hydrogens is 388 g/mol. The Balaban J connectivity index is 2.17. The van der Waals surface area contributed by atoms with Crippen LogP contribution in [-0.2, 0) is 27.3 Å². The Morgan fingerprint density at radius 1 is 1.11 bits per heavy atom. The summed E-state index contributed by atoms with van der Waals surface area (Å²) in [6.07, 6.45) is 0.207. The van der Waals surface area contributed by atoms with Crippen LogP contribution in [0.25, 0.3) is 10.2 Å². The van der Waals surface area contributed by atoms with E-state index in [1.54, 1.807) is 30.9 Å². The molecule has 2 aromatic heterocycles. The number of hydrogen-bond acceptors (Lipinski definition) is 7. The Hall–Kier alpha value is -2.65. The van der Waals surface area contributed by atoms with Gasteiger partial charge in [0.1, 0.15) is 28.3 Å². The molecule has 9 heteroatoms. The van der Waals surface area contributed by atoms with Crippen LogP contribution in [0.2, 0.25) is 0 Å². The summed E-state index contributed by atoms with van der Waals surface area (Å²) in [5.74, 6) is 0.423. The Bertz CT molecular complexity index is 1030. The molecule has 0 aliphatic rings. The average molecular weight is 406 g/mol. The molecule has 0 saturated heterocycles. The monoisotopic (exact) mass is 406 g/mol. The second-order valence-electron chi connectivity index (χ2n) is 5.46. The van der Waals surface area contributed by atoms with Crippen molar-refractivity contribution in [1.29, 1.82) is 0 Å². The fraction of sp³-hybridized carbons (Fsp3) is 0.278. The number of methoxy groups -OCH3 is 3. The molecule has 1 aromatic carbocycles. The summed E-state index contributed by atoms with van der Waals surface area (Å²) in [7, 11) is 4.42. The van der Waals surface area contributed by atoms with E-state index in [1.807, 2.05) is 17.5 Å². The molecule has 0 radical (unpaired) electrons. The molecule has 0 fully saturated rings. The molecule has 0 atom stereocenters. The molecule has 0 aliphatic carbocycles. The molecule has 0 saturated carbocycles. The van der Waals surface area contributed by atoms with Gasteiger partial charge in [0.15, 0.2) is 4.80 Å². The molecule has 27 heavy (non-hydrogen) atoms. The maximum absolute atomic E-state index is 12.4. The van der Waals surface area contributed by atoms with E-state index in [-0.39, 0.29) is 18.9 Å². The largest absolute Gasteiger partial charge is 0.495 e. The van der Waals surface area contributed by atoms with E-state index >= 15 is 0 Å². The van der Waals surface area contributed by atoms with Gasteiger partial charge >= 0.3 is 5.97 Å². The predicted molar refractivity (Wildman–Crippen MR) is 104 cm³/mol. The van der Waals surface area contributed by atoms with E-state index in [9.17, 15) is 9.59 Å². The van der Waals surface area contributed by atoms with Gasteiger partial charge in [0.05, 0.1) is 27.8 Å². The highest BCUT2D eigenvalue weighted by Crippen LogP contribution is 2.35. The number of thiazole rings is 1. The number of aromatic nitrogens is 1. The van der Waals surface area contributed by atoms with Gasteiger partial charge in [0.25, 0.3) is 5.91 Å². The van der Waals surface area contributed by atoms with Gasteiger partial charge < -0.3 is 18.8 Å². The second-order valence-corrected chi connectivity index (χ2v) is 7.47. The molecule has 1 amide bonds. The van der Waals surface area contributed by atoms with Crippen molar-refractivity contribution in [2.45, 2.75) is 13.0 Å². The van der Waals surface area contributed by atoms with Crippen LogP contribution in [0.1, 0.15) is 4.88 Å². The molecular formula is C18H18N2O5S2. The molecule has 2 heterocycles. The predicted octanol–water partition coefficient (Wildman–Crippen LogP) is 2.62. The molecule has 0 unspecified atom stereocenters. The van der Waals surface area contributed by atoms with Crippen molar-refractivity contribution in [3.05, 3.63) is 39.3 Å². The molecule has 0 spiro atoms. The van der Waals surface area contributed by atoms with Gasteiger partial charge in [0.2, 0.25) is 0 Å². The average Bonchev–Trinajstić information content (AvgIpc) is 3.29. The molecule has 0 N–H and O–H groups in total. The molecule has 0 aliphatic heterocycles. The smallest absolute Gasteiger partial charge is 0.325 e. The number of thiophene rings is 1. The minimum absolute atomic E-state index is 0.0921. The van der Waals surface area contributed by atoms with Crippen LogP contribution in [0, 0.1) is 0 Å². The number of carbonyl (C=O) groups excluding carboxylic acids is 2. The number of amides is 1. The number of esters is 1. The van der Waals surface area contributed by atoms with Crippen molar-refractivity contribution < 1.29 is 23.8 Å². The van der Waals surface area contributed by atoms with E-state index in [4.69, 9.17) is 14.2 Å². The Morgan fingerprint density at radius 3 is 2.48 bits per heavy atom. The number of fused-ring (bicyclic) bond motifs is 1. The standard InChI is InChI=1S/C18H18N2O5S2/c1-23-12-6-7-13(24-2)17-16(12)20(10-15(22)25-3)18(27-17)19-14(21)9-11-5-4-8-26-11/h4-8H,9-10H2,1-3H3. The lowest BCUT2D eigenvalue weighted by Crippen LogP contribution is -2.22. The van der Waals surface area contributed by atoms with E-state index in [0.717, 1.165) is 9.58 Å². The van der Waals surface area contributed by atoms with Gasteiger partial charge in [-0.2, -0.15) is 4.99 Å². The van der Waals surface area contributed by atoms with Gasteiger partial charge in [-0.15, -0.1) is 11.3 Å².